The molecule has 0 bridgehead atoms. The number of hydrogen-bond donors (Lipinski definition) is 3. The minimum atomic E-state index is -0.431. The molecule has 0 aliphatic carbocycles. The molecule has 2 aromatic carbocycles. The Labute approximate surface area is 136 Å². The van der Waals surface area contributed by atoms with Crippen molar-refractivity contribution in [3.8, 4) is 5.75 Å². The number of hydrogen-bond acceptors (Lipinski definition) is 4. The van der Waals surface area contributed by atoms with Crippen LogP contribution in [-0.4, -0.2) is 30.2 Å². The minimum Gasteiger partial charge on any atom is -0.489 e. The first-order valence-electron chi connectivity index (χ1n) is 7.60. The molecule has 1 fully saturated rings. The summed E-state index contributed by atoms with van der Waals surface area (Å²) in [5.41, 5.74) is 6.74. The second-order valence-corrected chi connectivity index (χ2v) is 5.31. The minimum absolute atomic E-state index is 0.0648. The van der Waals surface area contributed by atoms with Crippen LogP contribution in [0, 0.1) is 0 Å². The van der Waals surface area contributed by atoms with Gasteiger partial charge in [0.25, 0.3) is 0 Å². The van der Waals surface area contributed by atoms with Gasteiger partial charge >= 0.3 is 0 Å². The molecule has 0 aromatic heterocycles. The largest absolute Gasteiger partial charge is 0.489 e. The van der Waals surface area contributed by atoms with Gasteiger partial charge in [0.2, 0.25) is 5.91 Å². The van der Waals surface area contributed by atoms with E-state index < -0.39 is 5.91 Å². The van der Waals surface area contributed by atoms with Gasteiger partial charge in [0.15, 0.2) is 0 Å². The molecule has 1 saturated heterocycles. The highest BCUT2D eigenvalue weighted by molar-refractivity contribution is 5.92. The first-order valence-corrected chi connectivity index (χ1v) is 7.60. The van der Waals surface area contributed by atoms with Gasteiger partial charge in [-0.2, -0.15) is 0 Å². The monoisotopic (exact) mass is 314 g/mol. The zero-order chi connectivity index (χ0) is 16.5. The predicted molar refractivity (Wildman–Crippen MR) is 89.2 cm³/mol. The molecule has 4 N–H and O–H groups in total. The van der Waals surface area contributed by atoms with Crippen LogP contribution in [0.15, 0.2) is 54.6 Å². The molecule has 5 heteroatoms. The average Bonchev–Trinajstić information content (AvgIpc) is 3.06. The Balaban J connectivity index is 0.000000268. The molecule has 1 aliphatic rings. The molecule has 1 unspecified atom stereocenters. The average molecular weight is 314 g/mol. The predicted octanol–water partition coefficient (Wildman–Crippen LogP) is 1.71. The Kier molecular flexibility index (Phi) is 6.59. The molecule has 3 rings (SSSR count). The summed E-state index contributed by atoms with van der Waals surface area (Å²) < 4.78 is 5.57. The number of β-amino-alcohol motifs (C(OH)–C–C–N with tert-alkyl or cyclic N) is 1. The maximum atomic E-state index is 10.9. The maximum Gasteiger partial charge on any atom is 0.248 e. The summed E-state index contributed by atoms with van der Waals surface area (Å²) in [4.78, 5) is 10.9. The molecule has 1 aliphatic heterocycles. The molecule has 1 amide bonds. The summed E-state index contributed by atoms with van der Waals surface area (Å²) >= 11 is 0. The first-order chi connectivity index (χ1) is 11.1. The summed E-state index contributed by atoms with van der Waals surface area (Å²) in [5, 5.41) is 11.7. The van der Waals surface area contributed by atoms with Gasteiger partial charge in [-0.3, -0.25) is 4.79 Å². The summed E-state index contributed by atoms with van der Waals surface area (Å²) in [5.74, 6) is 0.290. The Bertz CT molecular complexity index is 593. The molecule has 122 valence electrons. The zero-order valence-corrected chi connectivity index (χ0v) is 12.9. The molecule has 0 radical (unpaired) electrons. The fraction of sp³-hybridized carbons (Fsp3) is 0.278. The van der Waals surface area contributed by atoms with E-state index in [-0.39, 0.29) is 6.10 Å². The van der Waals surface area contributed by atoms with E-state index in [0.717, 1.165) is 30.8 Å². The van der Waals surface area contributed by atoms with Crippen LogP contribution in [0.2, 0.25) is 0 Å². The molecular weight excluding hydrogens is 292 g/mol. The number of carbonyl (C=O) groups excluding carboxylic acids is 1. The summed E-state index contributed by atoms with van der Waals surface area (Å²) in [6, 6.07) is 16.7. The van der Waals surface area contributed by atoms with E-state index in [1.165, 1.54) is 0 Å². The van der Waals surface area contributed by atoms with Crippen LogP contribution in [0.1, 0.15) is 22.3 Å². The lowest BCUT2D eigenvalue weighted by molar-refractivity contribution is 0.1000. The van der Waals surface area contributed by atoms with E-state index >= 15 is 0 Å². The number of benzene rings is 2. The van der Waals surface area contributed by atoms with Crippen LogP contribution in [-0.2, 0) is 6.61 Å². The van der Waals surface area contributed by atoms with E-state index in [2.05, 4.69) is 5.32 Å². The normalized spacial score (nSPS) is 16.3. The van der Waals surface area contributed by atoms with Gasteiger partial charge in [-0.15, -0.1) is 0 Å². The van der Waals surface area contributed by atoms with Crippen molar-refractivity contribution in [1.29, 1.82) is 0 Å². The Morgan fingerprint density at radius 3 is 2.35 bits per heavy atom. The van der Waals surface area contributed by atoms with Gasteiger partial charge < -0.3 is 20.9 Å². The Morgan fingerprint density at radius 2 is 1.87 bits per heavy atom. The fourth-order valence-electron chi connectivity index (χ4n) is 2.10. The van der Waals surface area contributed by atoms with Crippen molar-refractivity contribution in [3.05, 3.63) is 65.7 Å². The van der Waals surface area contributed by atoms with Gasteiger partial charge in [-0.1, -0.05) is 30.3 Å². The number of primary amides is 1. The number of carbonyl (C=O) groups is 1. The topological polar surface area (TPSA) is 84.6 Å². The van der Waals surface area contributed by atoms with Gasteiger partial charge in [0.1, 0.15) is 12.4 Å². The lowest BCUT2D eigenvalue weighted by atomic mass is 10.2. The highest BCUT2D eigenvalue weighted by atomic mass is 16.5. The third-order valence-corrected chi connectivity index (χ3v) is 3.42. The maximum absolute atomic E-state index is 10.9. The van der Waals surface area contributed by atoms with E-state index in [1.54, 1.807) is 24.3 Å². The molecular formula is C18H22N2O3. The van der Waals surface area contributed by atoms with Crippen molar-refractivity contribution in [2.75, 3.05) is 13.1 Å². The van der Waals surface area contributed by atoms with Crippen molar-refractivity contribution in [2.45, 2.75) is 19.1 Å². The van der Waals surface area contributed by atoms with E-state index in [4.69, 9.17) is 15.6 Å². The van der Waals surface area contributed by atoms with Crippen molar-refractivity contribution in [2.24, 2.45) is 5.73 Å². The van der Waals surface area contributed by atoms with E-state index in [0.29, 0.717) is 12.2 Å². The van der Waals surface area contributed by atoms with Crippen LogP contribution in [0.3, 0.4) is 0 Å². The molecule has 5 nitrogen and oxygen atoms in total. The van der Waals surface area contributed by atoms with Crippen molar-refractivity contribution in [3.63, 3.8) is 0 Å². The second-order valence-electron chi connectivity index (χ2n) is 5.31. The van der Waals surface area contributed by atoms with Gasteiger partial charge in [-0.25, -0.2) is 0 Å². The molecule has 0 spiro atoms. The lowest BCUT2D eigenvalue weighted by Crippen LogP contribution is -2.11. The number of nitrogens with two attached hydrogens (primary N) is 1. The van der Waals surface area contributed by atoms with Crippen LogP contribution in [0.25, 0.3) is 0 Å². The van der Waals surface area contributed by atoms with Gasteiger partial charge in [0, 0.05) is 12.1 Å². The lowest BCUT2D eigenvalue weighted by Gasteiger charge is -2.06. The second kappa shape index (κ2) is 8.92. The molecule has 1 heterocycles. The SMILES string of the molecule is NC(=O)c1ccc(OCc2ccccc2)cc1.OC1CCNC1. The summed E-state index contributed by atoms with van der Waals surface area (Å²) in [6.07, 6.45) is 0.866. The van der Waals surface area contributed by atoms with Gasteiger partial charge in [0.05, 0.1) is 6.10 Å². The van der Waals surface area contributed by atoms with Crippen LogP contribution >= 0.6 is 0 Å². The highest BCUT2D eigenvalue weighted by Crippen LogP contribution is 2.13. The third-order valence-electron chi connectivity index (χ3n) is 3.42. The number of aliphatic hydroxyl groups is 1. The van der Waals surface area contributed by atoms with Gasteiger partial charge in [-0.05, 0) is 42.8 Å². The molecule has 2 aromatic rings. The highest BCUT2D eigenvalue weighted by Gasteiger charge is 2.08. The quantitative estimate of drug-likeness (QED) is 0.802. The number of nitrogens with one attached hydrogen (secondary N) is 1. The number of rotatable bonds is 4. The Morgan fingerprint density at radius 1 is 1.17 bits per heavy atom. The Hall–Kier alpha value is -2.37. The summed E-state index contributed by atoms with van der Waals surface area (Å²) in [6.45, 7) is 2.29. The van der Waals surface area contributed by atoms with Crippen molar-refractivity contribution in [1.82, 2.24) is 5.32 Å². The van der Waals surface area contributed by atoms with E-state index in [1.807, 2.05) is 30.3 Å². The first kappa shape index (κ1) is 17.0. The van der Waals surface area contributed by atoms with Crippen LogP contribution < -0.4 is 15.8 Å². The molecule has 23 heavy (non-hydrogen) atoms. The molecule has 0 saturated carbocycles. The smallest absolute Gasteiger partial charge is 0.248 e. The van der Waals surface area contributed by atoms with Crippen LogP contribution in [0.5, 0.6) is 5.75 Å². The number of amides is 1. The van der Waals surface area contributed by atoms with E-state index in [9.17, 15) is 4.79 Å². The third kappa shape index (κ3) is 6.10. The number of aliphatic hydroxyl groups excluding tert-OH is 1. The van der Waals surface area contributed by atoms with Crippen molar-refractivity contribution >= 4 is 5.91 Å². The molecule has 1 atom stereocenters. The number of ether oxygens (including phenoxy) is 1. The summed E-state index contributed by atoms with van der Waals surface area (Å²) in [7, 11) is 0. The fourth-order valence-corrected chi connectivity index (χ4v) is 2.10. The van der Waals surface area contributed by atoms with Crippen molar-refractivity contribution < 1.29 is 14.6 Å². The zero-order valence-electron chi connectivity index (χ0n) is 12.9. The van der Waals surface area contributed by atoms with Crippen LogP contribution in [0.4, 0.5) is 0 Å². The standard InChI is InChI=1S/C14H13NO2.C4H9NO/c15-14(16)12-6-8-13(9-7-12)17-10-11-4-2-1-3-5-11;6-4-1-2-5-3-4/h1-9H,10H2,(H2,15,16);4-6H,1-3H2.